The number of hydrogen-bond donors (Lipinski definition) is 4. The number of rotatable bonds is 18. The van der Waals surface area contributed by atoms with Gasteiger partial charge >= 0.3 is 5.97 Å². The van der Waals surface area contributed by atoms with Crippen LogP contribution >= 0.6 is 0 Å². The minimum absolute atomic E-state index is 0.123. The third kappa shape index (κ3) is 17.8. The molecule has 0 aliphatic rings. The van der Waals surface area contributed by atoms with E-state index in [1.165, 1.54) is 14.0 Å². The number of benzene rings is 4. The van der Waals surface area contributed by atoms with Crippen LogP contribution in [0.15, 0.2) is 109 Å². The van der Waals surface area contributed by atoms with Crippen molar-refractivity contribution in [1.82, 2.24) is 16.0 Å². The molecule has 0 spiro atoms. The lowest BCUT2D eigenvalue weighted by Gasteiger charge is -2.21. The highest BCUT2D eigenvalue weighted by molar-refractivity contribution is 5.87. The molecule has 294 valence electrons. The first kappa shape index (κ1) is 43.7. The predicted octanol–water partition coefficient (Wildman–Crippen LogP) is 5.26. The van der Waals surface area contributed by atoms with Crippen LogP contribution in [0.4, 0.5) is 0 Å². The molecule has 12 heteroatoms. The lowest BCUT2D eigenvalue weighted by molar-refractivity contribution is -0.158. The zero-order valence-corrected chi connectivity index (χ0v) is 32.2. The summed E-state index contributed by atoms with van der Waals surface area (Å²) in [6.07, 6.45) is -0.161. The second kappa shape index (κ2) is 23.1. The summed E-state index contributed by atoms with van der Waals surface area (Å²) in [4.78, 5) is 47.4. The third-order valence-electron chi connectivity index (χ3n) is 7.73. The second-order valence-electron chi connectivity index (χ2n) is 13.7. The van der Waals surface area contributed by atoms with Crippen molar-refractivity contribution in [3.63, 3.8) is 0 Å². The van der Waals surface area contributed by atoms with E-state index in [9.17, 15) is 24.3 Å². The molecule has 12 nitrogen and oxygen atoms in total. The molecule has 2 atom stereocenters. The predicted molar refractivity (Wildman–Crippen MR) is 209 cm³/mol. The first-order valence-corrected chi connectivity index (χ1v) is 18.0. The largest absolute Gasteiger partial charge is 0.489 e. The maximum absolute atomic E-state index is 12.3. The summed E-state index contributed by atoms with van der Waals surface area (Å²) in [6.45, 7) is 7.98. The minimum atomic E-state index is -0.835. The van der Waals surface area contributed by atoms with Gasteiger partial charge in [-0.15, -0.1) is 0 Å². The van der Waals surface area contributed by atoms with Crippen molar-refractivity contribution >= 4 is 23.7 Å². The Bertz CT molecular complexity index is 1740. The molecule has 0 aromatic heterocycles. The molecule has 0 radical (unpaired) electrons. The molecule has 0 aliphatic heterocycles. The lowest BCUT2D eigenvalue weighted by atomic mass is 10.1. The van der Waals surface area contributed by atoms with Gasteiger partial charge in [0.2, 0.25) is 17.7 Å². The Hall–Kier alpha value is -5.72. The topological polar surface area (TPSA) is 162 Å². The molecule has 55 heavy (non-hydrogen) atoms. The molecular formula is C43H53N3O9. The maximum atomic E-state index is 12.3. The van der Waals surface area contributed by atoms with Crippen molar-refractivity contribution in [2.24, 2.45) is 5.92 Å². The Morgan fingerprint density at radius 1 is 0.655 bits per heavy atom. The smallest absolute Gasteiger partial charge is 0.307 e. The van der Waals surface area contributed by atoms with E-state index in [1.807, 2.05) is 109 Å². The Kier molecular flexibility index (Phi) is 18.4. The number of amides is 3. The molecule has 4 rings (SSSR count). The molecule has 0 heterocycles. The summed E-state index contributed by atoms with van der Waals surface area (Å²) in [6, 6.07) is 34.0. The lowest BCUT2D eigenvalue weighted by Crippen LogP contribution is -2.48. The van der Waals surface area contributed by atoms with Crippen molar-refractivity contribution in [3.8, 4) is 11.5 Å². The number of hydrogen-bond acceptors (Lipinski definition) is 9. The van der Waals surface area contributed by atoms with Crippen molar-refractivity contribution in [1.29, 1.82) is 0 Å². The van der Waals surface area contributed by atoms with Crippen LogP contribution in [0.3, 0.4) is 0 Å². The van der Waals surface area contributed by atoms with Crippen LogP contribution in [0.5, 0.6) is 11.5 Å². The molecule has 0 bridgehead atoms. The molecule has 0 saturated heterocycles. The molecule has 0 fully saturated rings. The monoisotopic (exact) mass is 755 g/mol. The Balaban J connectivity index is 0.000000297. The minimum Gasteiger partial charge on any atom is -0.489 e. The fraction of sp³-hybridized carbons (Fsp3) is 0.349. The van der Waals surface area contributed by atoms with Crippen molar-refractivity contribution in [3.05, 3.63) is 131 Å². The molecule has 4 aromatic carbocycles. The first-order chi connectivity index (χ1) is 26.3. The van der Waals surface area contributed by atoms with Gasteiger partial charge in [-0.3, -0.25) is 19.2 Å². The summed E-state index contributed by atoms with van der Waals surface area (Å²) in [5.74, 6) is -0.789. The Labute approximate surface area is 323 Å². The Morgan fingerprint density at radius 3 is 1.51 bits per heavy atom. The average Bonchev–Trinajstić information content (AvgIpc) is 3.17. The number of ether oxygens (including phenoxy) is 4. The number of carbonyl (C=O) groups is 4. The van der Waals surface area contributed by atoms with Crippen LogP contribution in [0.2, 0.25) is 0 Å². The molecule has 0 aliphatic carbocycles. The van der Waals surface area contributed by atoms with E-state index >= 15 is 0 Å². The number of aliphatic hydroxyl groups excluding tert-OH is 1. The van der Waals surface area contributed by atoms with Gasteiger partial charge < -0.3 is 40.0 Å². The highest BCUT2D eigenvalue weighted by Gasteiger charge is 2.25. The van der Waals surface area contributed by atoms with Gasteiger partial charge in [-0.05, 0) is 67.3 Å². The van der Waals surface area contributed by atoms with Crippen LogP contribution in [-0.2, 0) is 55.0 Å². The van der Waals surface area contributed by atoms with E-state index in [0.717, 1.165) is 33.8 Å². The summed E-state index contributed by atoms with van der Waals surface area (Å²) >= 11 is 0. The SMILES string of the molecule is CC(C)(C)OC(=O)C[C@H](CO)C(=O)NCc1ccc(OCc2ccccc2)cc1.COC[C@@H](NC(C)=O)C(=O)NCc1ccc(OCc2ccccc2)cc1. The average molecular weight is 756 g/mol. The first-order valence-electron chi connectivity index (χ1n) is 18.0. The number of esters is 1. The van der Waals surface area contributed by atoms with Gasteiger partial charge in [0.1, 0.15) is 36.4 Å². The van der Waals surface area contributed by atoms with Crippen molar-refractivity contribution in [2.75, 3.05) is 20.3 Å². The van der Waals surface area contributed by atoms with Gasteiger partial charge in [-0.2, -0.15) is 0 Å². The van der Waals surface area contributed by atoms with E-state index in [-0.39, 0.29) is 30.7 Å². The summed E-state index contributed by atoms with van der Waals surface area (Å²) < 4.78 is 21.6. The normalized spacial score (nSPS) is 11.8. The van der Waals surface area contributed by atoms with Crippen molar-refractivity contribution in [2.45, 2.75) is 72.1 Å². The van der Waals surface area contributed by atoms with Gasteiger partial charge in [-0.1, -0.05) is 84.9 Å². The van der Waals surface area contributed by atoms with E-state index in [1.54, 1.807) is 20.8 Å². The van der Waals surface area contributed by atoms with E-state index < -0.39 is 30.1 Å². The van der Waals surface area contributed by atoms with Gasteiger partial charge in [-0.25, -0.2) is 0 Å². The second-order valence-corrected chi connectivity index (χ2v) is 13.7. The van der Waals surface area contributed by atoms with E-state index in [2.05, 4.69) is 16.0 Å². The number of carbonyl (C=O) groups excluding carboxylic acids is 4. The quantitative estimate of drug-likeness (QED) is 0.0994. The van der Waals surface area contributed by atoms with Crippen LogP contribution in [0.1, 0.15) is 56.4 Å². The van der Waals surface area contributed by atoms with E-state index in [0.29, 0.717) is 26.3 Å². The van der Waals surface area contributed by atoms with Gasteiger partial charge in [0.15, 0.2) is 0 Å². The summed E-state index contributed by atoms with van der Waals surface area (Å²) in [5, 5.41) is 17.5. The fourth-order valence-electron chi connectivity index (χ4n) is 4.95. The van der Waals surface area contributed by atoms with E-state index in [4.69, 9.17) is 18.9 Å². The summed E-state index contributed by atoms with van der Waals surface area (Å²) in [7, 11) is 1.48. The molecule has 0 saturated carbocycles. The standard InChI is InChI=1S/C23H29NO5.C20H24N2O4/c1-23(2,3)29-21(26)13-19(15-25)22(27)24-14-17-9-11-20(12-10-17)28-16-18-7-5-4-6-8-18;1-15(23)22-19(14-25-2)20(24)21-12-16-8-10-18(11-9-16)26-13-17-6-4-3-5-7-17/h4-12,19,25H,13-16H2,1-3H3,(H,24,27);3-11,19H,12-14H2,1-2H3,(H,21,24)(H,22,23)/t2*19-/m11/s1. The van der Waals surface area contributed by atoms with Crippen molar-refractivity contribution < 1.29 is 43.2 Å². The Morgan fingerprint density at radius 2 is 1.11 bits per heavy atom. The van der Waals surface area contributed by atoms with Crippen LogP contribution in [0, 0.1) is 5.92 Å². The van der Waals surface area contributed by atoms with Gasteiger partial charge in [0.05, 0.1) is 25.6 Å². The van der Waals surface area contributed by atoms with Crippen LogP contribution in [-0.4, -0.2) is 60.8 Å². The zero-order valence-electron chi connectivity index (χ0n) is 32.2. The molecule has 3 amide bonds. The summed E-state index contributed by atoms with van der Waals surface area (Å²) in [5.41, 5.74) is 3.39. The molecule has 4 N–H and O–H groups in total. The molecular weight excluding hydrogens is 702 g/mol. The number of aliphatic hydroxyl groups is 1. The highest BCUT2D eigenvalue weighted by Crippen LogP contribution is 2.17. The molecule has 0 unspecified atom stereocenters. The number of methoxy groups -OCH3 is 1. The highest BCUT2D eigenvalue weighted by atomic mass is 16.6. The van der Waals surface area contributed by atoms with Gasteiger partial charge in [0, 0.05) is 27.1 Å². The van der Waals surface area contributed by atoms with Crippen LogP contribution in [0.25, 0.3) is 0 Å². The maximum Gasteiger partial charge on any atom is 0.307 e. The number of nitrogens with one attached hydrogen (secondary N) is 3. The fourth-order valence-corrected chi connectivity index (χ4v) is 4.95. The zero-order chi connectivity index (χ0) is 40.1. The molecule has 4 aromatic rings. The van der Waals surface area contributed by atoms with Gasteiger partial charge in [0.25, 0.3) is 0 Å². The third-order valence-corrected chi connectivity index (χ3v) is 7.73. The van der Waals surface area contributed by atoms with Crippen LogP contribution < -0.4 is 25.4 Å².